The molecule has 0 bridgehead atoms. The molecule has 7 heavy (non-hydrogen) atoms. The second-order valence-electron chi connectivity index (χ2n) is 0.726. The first-order chi connectivity index (χ1) is 3.13. The Kier molecular flexibility index (Phi) is 7.86. The smallest absolute Gasteiger partial charge is 0.502 e. The quantitative estimate of drug-likeness (QED) is 0.299. The van der Waals surface area contributed by atoms with Gasteiger partial charge in [0.15, 0.2) is 5.97 Å². The number of rotatable bonds is 2. The second kappa shape index (κ2) is 6.94. The molecule has 0 rings (SSSR count). The summed E-state index contributed by atoms with van der Waals surface area (Å²) in [6.45, 7) is 0.750. The fourth-order valence-corrected chi connectivity index (χ4v) is 0.110. The largest absolute Gasteiger partial charge is 1.00 e. The zero-order chi connectivity index (χ0) is 5.86. The van der Waals surface area contributed by atoms with Gasteiger partial charge in [-0.3, -0.25) is 4.79 Å². The van der Waals surface area contributed by atoms with Crippen LogP contribution in [0.1, 0.15) is 0 Å². The molecule has 0 radical (unpaired) electrons. The fraction of sp³-hybridized carbons (Fsp3) is 0.333. The van der Waals surface area contributed by atoms with E-state index in [2.05, 4.69) is 0 Å². The van der Waals surface area contributed by atoms with Gasteiger partial charge in [-0.15, -0.1) is 0 Å². The van der Waals surface area contributed by atoms with Gasteiger partial charge in [-0.1, -0.05) is 0 Å². The van der Waals surface area contributed by atoms with Crippen molar-refractivity contribution < 1.29 is 62.7 Å². The summed E-state index contributed by atoms with van der Waals surface area (Å²) in [6.07, 6.45) is 0. The van der Waals surface area contributed by atoms with Gasteiger partial charge in [0, 0.05) is 0 Å². The Morgan fingerprint density at radius 2 is 2.57 bits per heavy atom. The third-order valence-electron chi connectivity index (χ3n) is 0.240. The van der Waals surface area contributed by atoms with E-state index in [0.717, 1.165) is 11.9 Å². The molecule has 4 heteroatoms. The van der Waals surface area contributed by atoms with Crippen molar-refractivity contribution in [1.82, 2.24) is 5.31 Å². The van der Waals surface area contributed by atoms with Crippen LogP contribution in [0.3, 0.4) is 0 Å². The summed E-state index contributed by atoms with van der Waals surface area (Å²) in [7, 11) is 1.33. The molecule has 0 amide bonds. The average molecular weight is 128 g/mol. The number of nitrogens with one attached hydrogen (secondary N) is 1. The summed E-state index contributed by atoms with van der Waals surface area (Å²) in [5.41, 5.74) is 0. The van der Waals surface area contributed by atoms with Crippen molar-refractivity contribution in [2.24, 2.45) is 0 Å². The minimum Gasteiger partial charge on any atom is -0.502 e. The van der Waals surface area contributed by atoms with Crippen LogP contribution >= 0.6 is 0 Å². The van der Waals surface area contributed by atoms with Crippen molar-refractivity contribution in [3.8, 4) is 0 Å². The number of carbonyl (C=O) groups is 1. The molecule has 0 heterocycles. The summed E-state index contributed by atoms with van der Waals surface area (Å²) in [6, 6.07) is 0. The Labute approximate surface area is 86.4 Å². The molecule has 0 unspecified atom stereocenters. The molecule has 2 N–H and O–H groups in total. The van der Waals surface area contributed by atoms with Crippen molar-refractivity contribution in [3.63, 3.8) is 0 Å². The van der Waals surface area contributed by atoms with Gasteiger partial charge < -0.3 is 10.4 Å². The van der Waals surface area contributed by atoms with Crippen LogP contribution in [0.25, 0.3) is 0 Å². The Morgan fingerprint density at radius 3 is 2.57 bits per heavy atom. The third-order valence-corrected chi connectivity index (χ3v) is 0.240. The van der Waals surface area contributed by atoms with E-state index in [1.54, 1.807) is 0 Å². The fourth-order valence-electron chi connectivity index (χ4n) is 0.110. The standard InChI is InChI=1S/C3H6NO2.K/c1-4-2-3(5)6;/h2,4H,1H3,(H,5,6);/q-1;+1/i/hD. The van der Waals surface area contributed by atoms with Crippen LogP contribution < -0.4 is 56.7 Å². The molecule has 0 saturated heterocycles. The zero-order valence-corrected chi connectivity index (χ0v) is 7.50. The van der Waals surface area contributed by atoms with Crippen molar-refractivity contribution in [3.05, 3.63) is 6.54 Å². The molecule has 0 atom stereocenters. The average Bonchev–Trinajstić information content (AvgIpc) is 1.27. The Hall–Kier alpha value is 0.936. The summed E-state index contributed by atoms with van der Waals surface area (Å²) >= 11 is 0. The molecule has 0 fully saturated rings. The van der Waals surface area contributed by atoms with E-state index in [4.69, 9.17) is 6.52 Å². The SMILES string of the molecule is [2H]N(C)[CH-]C(=O)O.[K+]. The van der Waals surface area contributed by atoms with Crippen LogP contribution in [-0.2, 0) is 4.79 Å². The van der Waals surface area contributed by atoms with Crippen LogP contribution in [0.2, 0.25) is 1.41 Å². The van der Waals surface area contributed by atoms with E-state index >= 15 is 0 Å². The molecular formula is C3H6KNO2. The first-order valence-electron chi connectivity index (χ1n) is 1.87. The minimum atomic E-state index is -1.10. The van der Waals surface area contributed by atoms with Gasteiger partial charge in [0.25, 0.3) is 0 Å². The minimum absolute atomic E-state index is 0. The summed E-state index contributed by atoms with van der Waals surface area (Å²) in [4.78, 5) is 9.59. The van der Waals surface area contributed by atoms with Gasteiger partial charge in [0.2, 0.25) is 0 Å². The van der Waals surface area contributed by atoms with Gasteiger partial charge in [0.05, 0.1) is 1.41 Å². The monoisotopic (exact) mass is 128 g/mol. The molecule has 0 aromatic heterocycles. The Bertz CT molecular complexity index is 77.7. The molecule has 0 aliphatic carbocycles. The maximum absolute atomic E-state index is 9.59. The maximum atomic E-state index is 9.59. The number of hydrogen-bond acceptors (Lipinski definition) is 2. The number of carboxylic acid groups (broad SMARTS) is 1. The molecule has 0 aliphatic heterocycles. The van der Waals surface area contributed by atoms with Crippen LogP contribution in [0.15, 0.2) is 0 Å². The number of likely N-dealkylation sites (N-methyl/N-ethyl adjacent to an activating group) is 1. The van der Waals surface area contributed by atoms with Crippen LogP contribution in [0.4, 0.5) is 0 Å². The van der Waals surface area contributed by atoms with Gasteiger partial charge in [-0.2, -0.15) is 0 Å². The molecule has 3 nitrogen and oxygen atoms in total. The molecule has 0 aliphatic rings. The van der Waals surface area contributed by atoms with E-state index < -0.39 is 5.97 Å². The number of carboxylic acids is 1. The van der Waals surface area contributed by atoms with E-state index in [-0.39, 0.29) is 51.4 Å². The van der Waals surface area contributed by atoms with Gasteiger partial charge in [-0.25, -0.2) is 6.54 Å². The number of hydrogen-bond donors (Lipinski definition) is 2. The molecular weight excluding hydrogens is 121 g/mol. The van der Waals surface area contributed by atoms with Crippen LogP contribution in [0, 0.1) is 6.54 Å². The van der Waals surface area contributed by atoms with E-state index in [0.29, 0.717) is 0 Å². The van der Waals surface area contributed by atoms with Crippen molar-refractivity contribution in [2.75, 3.05) is 7.05 Å². The van der Waals surface area contributed by atoms with Crippen molar-refractivity contribution in [2.45, 2.75) is 0 Å². The van der Waals surface area contributed by atoms with Gasteiger partial charge in [-0.05, 0) is 7.05 Å². The van der Waals surface area contributed by atoms with Gasteiger partial charge in [0.1, 0.15) is 0 Å². The van der Waals surface area contributed by atoms with Crippen molar-refractivity contribution in [1.29, 1.82) is 0 Å². The predicted molar refractivity (Wildman–Crippen MR) is 21.0 cm³/mol. The first kappa shape index (κ1) is 7.94. The van der Waals surface area contributed by atoms with E-state index in [1.807, 2.05) is 0 Å². The third kappa shape index (κ3) is 10.9. The second-order valence-corrected chi connectivity index (χ2v) is 0.726. The predicted octanol–water partition coefficient (Wildman–Crippen LogP) is -3.54. The van der Waals surface area contributed by atoms with E-state index in [1.165, 1.54) is 7.05 Å². The molecule has 36 valence electrons. The molecule has 0 aromatic rings. The normalized spacial score (nSPS) is 9.14. The Morgan fingerprint density at radius 1 is 2.14 bits per heavy atom. The zero-order valence-electron chi connectivity index (χ0n) is 5.38. The molecule has 0 saturated carbocycles. The van der Waals surface area contributed by atoms with E-state index in [9.17, 15) is 4.79 Å². The topological polar surface area (TPSA) is 49.3 Å². The maximum Gasteiger partial charge on any atom is 1.00 e. The summed E-state index contributed by atoms with van der Waals surface area (Å²) in [5.74, 6) is -1.10. The van der Waals surface area contributed by atoms with Crippen LogP contribution in [0.5, 0.6) is 0 Å². The van der Waals surface area contributed by atoms with Crippen LogP contribution in [-0.4, -0.2) is 18.1 Å². The molecule has 0 aromatic carbocycles. The number of aliphatic carboxylic acids is 1. The first-order valence-corrected chi connectivity index (χ1v) is 1.42. The summed E-state index contributed by atoms with van der Waals surface area (Å²) < 4.78 is 6.50. The molecule has 0 spiro atoms. The van der Waals surface area contributed by atoms with Crippen molar-refractivity contribution >= 4 is 5.97 Å². The summed E-state index contributed by atoms with van der Waals surface area (Å²) in [5, 5.41) is 8.59. The Balaban J connectivity index is 0. The van der Waals surface area contributed by atoms with Gasteiger partial charge >= 0.3 is 51.4 Å².